The summed E-state index contributed by atoms with van der Waals surface area (Å²) in [6.45, 7) is 4.59. The van der Waals surface area contributed by atoms with Gasteiger partial charge in [-0.25, -0.2) is 12.8 Å². The first kappa shape index (κ1) is 16.7. The fraction of sp³-hybridized carbons (Fsp3) is 0.500. The minimum absolute atomic E-state index is 0.0275. The lowest BCUT2D eigenvalue weighted by Crippen LogP contribution is -2.47. The van der Waals surface area contributed by atoms with E-state index in [9.17, 15) is 17.6 Å². The van der Waals surface area contributed by atoms with Crippen LogP contribution < -0.4 is 4.74 Å². The van der Waals surface area contributed by atoms with Crippen LogP contribution in [0.2, 0.25) is 0 Å². The average Bonchev–Trinajstić information content (AvgIpc) is 2.49. The quantitative estimate of drug-likeness (QED) is 0.758. The van der Waals surface area contributed by atoms with Crippen LogP contribution >= 0.6 is 0 Å². The first-order chi connectivity index (χ1) is 10.3. The monoisotopic (exact) mass is 330 g/mol. The standard InChI is InChI=1S/C14H19FN2O4S/c1-11(2)21-14-4-3-12(9-13(14)15)22(19,20)17-7-5-16(10-18)6-8-17/h3-4,9-11H,5-8H2,1-2H3. The van der Waals surface area contributed by atoms with Crippen LogP contribution in [0.25, 0.3) is 0 Å². The summed E-state index contributed by atoms with van der Waals surface area (Å²) in [4.78, 5) is 12.0. The Balaban J connectivity index is 2.19. The van der Waals surface area contributed by atoms with Crippen LogP contribution in [0.3, 0.4) is 0 Å². The largest absolute Gasteiger partial charge is 0.488 e. The molecule has 0 unspecified atom stereocenters. The molecule has 1 aliphatic heterocycles. The molecule has 6 nitrogen and oxygen atoms in total. The van der Waals surface area contributed by atoms with Crippen molar-refractivity contribution in [1.82, 2.24) is 9.21 Å². The van der Waals surface area contributed by atoms with Crippen LogP contribution in [-0.4, -0.2) is 56.3 Å². The van der Waals surface area contributed by atoms with Crippen molar-refractivity contribution in [3.8, 4) is 5.75 Å². The van der Waals surface area contributed by atoms with Gasteiger partial charge in [0.1, 0.15) is 0 Å². The average molecular weight is 330 g/mol. The molecule has 0 bridgehead atoms. The van der Waals surface area contributed by atoms with E-state index in [1.54, 1.807) is 13.8 Å². The molecule has 1 aromatic carbocycles. The lowest BCUT2D eigenvalue weighted by molar-refractivity contribution is -0.119. The second-order valence-electron chi connectivity index (χ2n) is 5.30. The molecule has 122 valence electrons. The summed E-state index contributed by atoms with van der Waals surface area (Å²) in [6.07, 6.45) is 0.496. The number of carbonyl (C=O) groups excluding carboxylic acids is 1. The van der Waals surface area contributed by atoms with Gasteiger partial charge >= 0.3 is 0 Å². The Hall–Kier alpha value is -1.67. The molecular formula is C14H19FN2O4S. The maximum atomic E-state index is 14.0. The predicted octanol–water partition coefficient (Wildman–Crippen LogP) is 1.08. The number of ether oxygens (including phenoxy) is 1. The Morgan fingerprint density at radius 3 is 2.36 bits per heavy atom. The Kier molecular flexibility index (Phi) is 5.02. The number of nitrogens with zero attached hydrogens (tertiary/aromatic N) is 2. The number of sulfonamides is 1. The first-order valence-electron chi connectivity index (χ1n) is 7.00. The highest BCUT2D eigenvalue weighted by atomic mass is 32.2. The molecule has 1 aliphatic rings. The van der Waals surface area contributed by atoms with E-state index in [4.69, 9.17) is 4.74 Å². The summed E-state index contributed by atoms with van der Waals surface area (Å²) < 4.78 is 45.4. The van der Waals surface area contributed by atoms with Crippen LogP contribution in [0.15, 0.2) is 23.1 Å². The zero-order chi connectivity index (χ0) is 16.3. The van der Waals surface area contributed by atoms with Gasteiger partial charge < -0.3 is 9.64 Å². The molecule has 8 heteroatoms. The molecule has 0 spiro atoms. The van der Waals surface area contributed by atoms with Crippen molar-refractivity contribution in [3.05, 3.63) is 24.0 Å². The van der Waals surface area contributed by atoms with Gasteiger partial charge in [0, 0.05) is 26.2 Å². The van der Waals surface area contributed by atoms with Crippen LogP contribution in [0.1, 0.15) is 13.8 Å². The Morgan fingerprint density at radius 1 is 1.23 bits per heavy atom. The number of hydrogen-bond donors (Lipinski definition) is 0. The van der Waals surface area contributed by atoms with Gasteiger partial charge in [-0.15, -0.1) is 0 Å². The summed E-state index contributed by atoms with van der Waals surface area (Å²) in [5.41, 5.74) is 0. The van der Waals surface area contributed by atoms with Crippen LogP contribution in [0.4, 0.5) is 4.39 Å². The number of hydrogen-bond acceptors (Lipinski definition) is 4. The van der Waals surface area contributed by atoms with E-state index in [1.165, 1.54) is 21.3 Å². The Morgan fingerprint density at radius 2 is 1.86 bits per heavy atom. The van der Waals surface area contributed by atoms with Crippen molar-refractivity contribution >= 4 is 16.4 Å². The molecule has 0 aliphatic carbocycles. The number of piperazine rings is 1. The molecule has 2 rings (SSSR count). The number of amides is 1. The van der Waals surface area contributed by atoms with Gasteiger partial charge in [-0.05, 0) is 32.0 Å². The third-order valence-electron chi connectivity index (χ3n) is 3.33. The third-order valence-corrected chi connectivity index (χ3v) is 5.22. The van der Waals surface area contributed by atoms with Crippen LogP contribution in [0.5, 0.6) is 5.75 Å². The molecule has 0 atom stereocenters. The number of carbonyl (C=O) groups is 1. The topological polar surface area (TPSA) is 66.9 Å². The lowest BCUT2D eigenvalue weighted by Gasteiger charge is -2.31. The van der Waals surface area contributed by atoms with Crippen molar-refractivity contribution in [2.45, 2.75) is 24.8 Å². The third kappa shape index (κ3) is 3.56. The van der Waals surface area contributed by atoms with E-state index in [0.717, 1.165) is 6.07 Å². The van der Waals surface area contributed by atoms with Crippen molar-refractivity contribution in [1.29, 1.82) is 0 Å². The first-order valence-corrected chi connectivity index (χ1v) is 8.44. The zero-order valence-corrected chi connectivity index (χ0v) is 13.3. The molecule has 22 heavy (non-hydrogen) atoms. The predicted molar refractivity (Wildman–Crippen MR) is 78.6 cm³/mol. The summed E-state index contributed by atoms with van der Waals surface area (Å²) in [5, 5.41) is 0. The Bertz CT molecular complexity index is 640. The molecule has 1 fully saturated rings. The molecule has 0 radical (unpaired) electrons. The lowest BCUT2D eigenvalue weighted by atomic mass is 10.3. The van der Waals surface area contributed by atoms with Gasteiger partial charge in [0.05, 0.1) is 11.0 Å². The maximum Gasteiger partial charge on any atom is 0.243 e. The maximum absolute atomic E-state index is 14.0. The summed E-state index contributed by atoms with van der Waals surface area (Å²) >= 11 is 0. The number of benzene rings is 1. The molecule has 1 heterocycles. The normalized spacial score (nSPS) is 16.8. The van der Waals surface area contributed by atoms with Gasteiger partial charge in [0.2, 0.25) is 16.4 Å². The molecule has 0 N–H and O–H groups in total. The Labute approximate surface area is 129 Å². The second kappa shape index (κ2) is 6.62. The second-order valence-corrected chi connectivity index (χ2v) is 7.24. The van der Waals surface area contributed by atoms with Gasteiger partial charge in [0.15, 0.2) is 11.6 Å². The fourth-order valence-electron chi connectivity index (χ4n) is 2.19. The van der Waals surface area contributed by atoms with E-state index in [0.29, 0.717) is 19.5 Å². The molecule has 0 saturated carbocycles. The van der Waals surface area contributed by atoms with E-state index in [2.05, 4.69) is 0 Å². The van der Waals surface area contributed by atoms with Crippen molar-refractivity contribution in [3.63, 3.8) is 0 Å². The minimum Gasteiger partial charge on any atom is -0.488 e. The van der Waals surface area contributed by atoms with E-state index in [-0.39, 0.29) is 29.8 Å². The SMILES string of the molecule is CC(C)Oc1ccc(S(=O)(=O)N2CCN(C=O)CC2)cc1F. The summed E-state index contributed by atoms with van der Waals surface area (Å²) in [6, 6.07) is 3.63. The van der Waals surface area contributed by atoms with Crippen molar-refractivity contribution in [2.24, 2.45) is 0 Å². The smallest absolute Gasteiger partial charge is 0.243 e. The van der Waals surface area contributed by atoms with E-state index in [1.807, 2.05) is 0 Å². The van der Waals surface area contributed by atoms with E-state index >= 15 is 0 Å². The van der Waals surface area contributed by atoms with E-state index < -0.39 is 15.8 Å². The van der Waals surface area contributed by atoms with Crippen molar-refractivity contribution < 1.29 is 22.3 Å². The summed E-state index contributed by atoms with van der Waals surface area (Å²) in [7, 11) is -3.77. The number of rotatable bonds is 5. The highest BCUT2D eigenvalue weighted by Gasteiger charge is 2.28. The molecule has 1 amide bonds. The highest BCUT2D eigenvalue weighted by Crippen LogP contribution is 2.24. The highest BCUT2D eigenvalue weighted by molar-refractivity contribution is 7.89. The summed E-state index contributed by atoms with van der Waals surface area (Å²) in [5.74, 6) is -0.680. The zero-order valence-electron chi connectivity index (χ0n) is 12.5. The molecule has 1 saturated heterocycles. The van der Waals surface area contributed by atoms with Crippen molar-refractivity contribution in [2.75, 3.05) is 26.2 Å². The van der Waals surface area contributed by atoms with Gasteiger partial charge in [-0.3, -0.25) is 4.79 Å². The molecule has 0 aromatic heterocycles. The molecule has 1 aromatic rings. The van der Waals surface area contributed by atoms with Crippen LogP contribution in [0, 0.1) is 5.82 Å². The fourth-order valence-corrected chi connectivity index (χ4v) is 3.62. The van der Waals surface area contributed by atoms with Crippen LogP contribution in [-0.2, 0) is 14.8 Å². The molecular weight excluding hydrogens is 311 g/mol. The van der Waals surface area contributed by atoms with Gasteiger partial charge in [0.25, 0.3) is 0 Å². The van der Waals surface area contributed by atoms with Gasteiger partial charge in [-0.1, -0.05) is 0 Å². The number of halogens is 1. The minimum atomic E-state index is -3.77. The van der Waals surface area contributed by atoms with Gasteiger partial charge in [-0.2, -0.15) is 4.31 Å².